The number of nitrogens with one attached hydrogen (secondary N) is 1. The third-order valence-electron chi connectivity index (χ3n) is 4.92. The lowest BCUT2D eigenvalue weighted by atomic mass is 10.1. The molecule has 8 heteroatoms. The molecule has 33 heavy (non-hydrogen) atoms. The topological polar surface area (TPSA) is 92.4 Å². The molecule has 7 nitrogen and oxygen atoms in total. The molecule has 166 valence electrons. The first-order valence-electron chi connectivity index (χ1n) is 10.3. The number of hydrogen-bond acceptors (Lipinski definition) is 6. The number of phenols is 1. The maximum atomic E-state index is 12.4. The average molecular weight is 458 g/mol. The Hall–Kier alpha value is -3.91. The molecule has 0 aliphatic rings. The Kier molecular flexibility index (Phi) is 6.85. The quantitative estimate of drug-likeness (QED) is 0.241. The van der Waals surface area contributed by atoms with Crippen LogP contribution in [0, 0.1) is 6.92 Å². The first kappa shape index (κ1) is 22.3. The highest BCUT2D eigenvalue weighted by atomic mass is 32.2. The number of carbonyl (C=O) groups excluding carboxylic acids is 1. The van der Waals surface area contributed by atoms with E-state index in [2.05, 4.69) is 20.7 Å². The van der Waals surface area contributed by atoms with Crippen LogP contribution in [-0.2, 0) is 4.79 Å². The smallest absolute Gasteiger partial charge is 0.250 e. The van der Waals surface area contributed by atoms with Crippen molar-refractivity contribution >= 4 is 23.4 Å². The highest BCUT2D eigenvalue weighted by Gasteiger charge is 2.17. The van der Waals surface area contributed by atoms with E-state index in [1.807, 2.05) is 66.1 Å². The molecule has 4 aromatic rings. The molecular weight excluding hydrogens is 434 g/mol. The van der Waals surface area contributed by atoms with Crippen LogP contribution in [0.15, 0.2) is 89.1 Å². The molecule has 0 unspecified atom stereocenters. The van der Waals surface area contributed by atoms with Crippen molar-refractivity contribution < 1.29 is 9.90 Å². The SMILES string of the molecule is C/C(=N/NC(=O)CSc1nnc(-c2ccc(C)cc2)n1-c1ccccc1)c1ccc(O)cc1. The van der Waals surface area contributed by atoms with Gasteiger partial charge in [0.15, 0.2) is 11.0 Å². The Labute approximate surface area is 196 Å². The summed E-state index contributed by atoms with van der Waals surface area (Å²) in [5.74, 6) is 0.771. The van der Waals surface area contributed by atoms with Gasteiger partial charge in [0.1, 0.15) is 5.75 Å². The molecule has 0 saturated carbocycles. The van der Waals surface area contributed by atoms with Crippen molar-refractivity contribution in [2.24, 2.45) is 5.10 Å². The zero-order valence-electron chi connectivity index (χ0n) is 18.3. The lowest BCUT2D eigenvalue weighted by molar-refractivity contribution is -0.118. The van der Waals surface area contributed by atoms with Crippen LogP contribution in [0.3, 0.4) is 0 Å². The third-order valence-corrected chi connectivity index (χ3v) is 5.85. The van der Waals surface area contributed by atoms with Crippen LogP contribution in [0.2, 0.25) is 0 Å². The Morgan fingerprint density at radius 1 is 1.00 bits per heavy atom. The monoisotopic (exact) mass is 457 g/mol. The second-order valence-corrected chi connectivity index (χ2v) is 8.35. The zero-order chi connectivity index (χ0) is 23.2. The molecule has 2 N–H and O–H groups in total. The van der Waals surface area contributed by atoms with Gasteiger partial charge in [-0.25, -0.2) is 5.43 Å². The van der Waals surface area contributed by atoms with Gasteiger partial charge in [0.2, 0.25) is 0 Å². The maximum absolute atomic E-state index is 12.4. The molecule has 0 spiro atoms. The summed E-state index contributed by atoms with van der Waals surface area (Å²) in [6.07, 6.45) is 0. The second-order valence-electron chi connectivity index (χ2n) is 7.41. The van der Waals surface area contributed by atoms with Crippen molar-refractivity contribution in [3.63, 3.8) is 0 Å². The molecule has 1 heterocycles. The summed E-state index contributed by atoms with van der Waals surface area (Å²) >= 11 is 1.29. The van der Waals surface area contributed by atoms with Crippen molar-refractivity contribution in [2.45, 2.75) is 19.0 Å². The number of nitrogens with zero attached hydrogens (tertiary/aromatic N) is 4. The predicted octanol–water partition coefficient (Wildman–Crippen LogP) is 4.58. The van der Waals surface area contributed by atoms with E-state index in [4.69, 9.17) is 0 Å². The number of benzene rings is 3. The van der Waals surface area contributed by atoms with Crippen LogP contribution in [0.5, 0.6) is 5.75 Å². The lowest BCUT2D eigenvalue weighted by Crippen LogP contribution is -2.21. The fourth-order valence-corrected chi connectivity index (χ4v) is 3.88. The number of phenolic OH excluding ortho intramolecular Hbond substituents is 1. The normalized spacial score (nSPS) is 11.4. The third kappa shape index (κ3) is 5.48. The van der Waals surface area contributed by atoms with Crippen LogP contribution < -0.4 is 5.43 Å². The second kappa shape index (κ2) is 10.1. The van der Waals surface area contributed by atoms with Crippen LogP contribution in [-0.4, -0.2) is 37.2 Å². The van der Waals surface area contributed by atoms with Gasteiger partial charge < -0.3 is 5.11 Å². The minimum absolute atomic E-state index is 0.130. The molecule has 0 aliphatic carbocycles. The van der Waals surface area contributed by atoms with Gasteiger partial charge in [-0.3, -0.25) is 9.36 Å². The number of carbonyl (C=O) groups is 1. The van der Waals surface area contributed by atoms with E-state index in [1.54, 1.807) is 31.2 Å². The standard InChI is InChI=1S/C25H23N5O2S/c1-17-8-10-20(11-9-17)24-28-29-25(30(24)21-6-4-3-5-7-21)33-16-23(32)27-26-18(2)19-12-14-22(31)15-13-19/h3-15,31H,16H2,1-2H3,(H,27,32)/b26-18-. The fourth-order valence-electron chi connectivity index (χ4n) is 3.14. The van der Waals surface area contributed by atoms with E-state index in [0.29, 0.717) is 16.7 Å². The molecule has 1 aromatic heterocycles. The number of para-hydroxylation sites is 1. The molecular formula is C25H23N5O2S. The van der Waals surface area contributed by atoms with Crippen molar-refractivity contribution in [1.82, 2.24) is 20.2 Å². The van der Waals surface area contributed by atoms with Gasteiger partial charge in [0.25, 0.3) is 5.91 Å². The first-order chi connectivity index (χ1) is 16.0. The summed E-state index contributed by atoms with van der Waals surface area (Å²) in [6, 6.07) is 24.6. The molecule has 0 radical (unpaired) electrons. The van der Waals surface area contributed by atoms with E-state index in [1.165, 1.54) is 17.3 Å². The van der Waals surface area contributed by atoms with Crippen molar-refractivity contribution in [3.05, 3.63) is 90.0 Å². The van der Waals surface area contributed by atoms with E-state index < -0.39 is 0 Å². The average Bonchev–Trinajstić information content (AvgIpc) is 3.26. The van der Waals surface area contributed by atoms with Gasteiger partial charge in [0.05, 0.1) is 11.5 Å². The summed E-state index contributed by atoms with van der Waals surface area (Å²) in [5, 5.41) is 22.9. The molecule has 3 aromatic carbocycles. The van der Waals surface area contributed by atoms with E-state index >= 15 is 0 Å². The molecule has 4 rings (SSSR count). The van der Waals surface area contributed by atoms with Crippen molar-refractivity contribution in [3.8, 4) is 22.8 Å². The van der Waals surface area contributed by atoms with Gasteiger partial charge >= 0.3 is 0 Å². The summed E-state index contributed by atoms with van der Waals surface area (Å²) in [4.78, 5) is 12.4. The molecule has 0 bridgehead atoms. The van der Waals surface area contributed by atoms with Crippen molar-refractivity contribution in [1.29, 1.82) is 0 Å². The highest BCUT2D eigenvalue weighted by Crippen LogP contribution is 2.28. The number of rotatable bonds is 7. The molecule has 0 fully saturated rings. The van der Waals surface area contributed by atoms with E-state index in [9.17, 15) is 9.90 Å². The zero-order valence-corrected chi connectivity index (χ0v) is 19.1. The number of amides is 1. The van der Waals surface area contributed by atoms with Crippen LogP contribution in [0.1, 0.15) is 18.1 Å². The number of aromatic hydroxyl groups is 1. The minimum Gasteiger partial charge on any atom is -0.508 e. The first-order valence-corrected chi connectivity index (χ1v) is 11.3. The number of hydrogen-bond donors (Lipinski definition) is 2. The van der Waals surface area contributed by atoms with Crippen LogP contribution in [0.4, 0.5) is 0 Å². The fraction of sp³-hybridized carbons (Fsp3) is 0.120. The van der Waals surface area contributed by atoms with Crippen LogP contribution >= 0.6 is 11.8 Å². The summed E-state index contributed by atoms with van der Waals surface area (Å²) < 4.78 is 1.95. The molecule has 1 amide bonds. The number of aromatic nitrogens is 3. The number of thioether (sulfide) groups is 1. The maximum Gasteiger partial charge on any atom is 0.250 e. The Morgan fingerprint density at radius 3 is 2.39 bits per heavy atom. The van der Waals surface area contributed by atoms with Crippen LogP contribution in [0.25, 0.3) is 17.1 Å². The molecule has 0 atom stereocenters. The lowest BCUT2D eigenvalue weighted by Gasteiger charge is -2.10. The number of aryl methyl sites for hydroxylation is 1. The highest BCUT2D eigenvalue weighted by molar-refractivity contribution is 7.99. The Bertz CT molecular complexity index is 1270. The predicted molar refractivity (Wildman–Crippen MR) is 131 cm³/mol. The summed E-state index contributed by atoms with van der Waals surface area (Å²) in [5.41, 5.74) is 7.06. The molecule has 0 saturated heterocycles. The largest absolute Gasteiger partial charge is 0.508 e. The van der Waals surface area contributed by atoms with E-state index in [-0.39, 0.29) is 17.4 Å². The summed E-state index contributed by atoms with van der Waals surface area (Å²) in [7, 11) is 0. The van der Waals surface area contributed by atoms with Gasteiger partial charge in [0, 0.05) is 11.3 Å². The number of hydrazone groups is 1. The Morgan fingerprint density at radius 2 is 1.70 bits per heavy atom. The van der Waals surface area contributed by atoms with Crippen molar-refractivity contribution in [2.75, 3.05) is 5.75 Å². The van der Waals surface area contributed by atoms with Gasteiger partial charge in [-0.2, -0.15) is 5.10 Å². The minimum atomic E-state index is -0.252. The van der Waals surface area contributed by atoms with Gasteiger partial charge in [-0.1, -0.05) is 59.8 Å². The summed E-state index contributed by atoms with van der Waals surface area (Å²) in [6.45, 7) is 3.83. The van der Waals surface area contributed by atoms with Gasteiger partial charge in [-0.15, -0.1) is 10.2 Å². The Balaban J connectivity index is 1.51. The van der Waals surface area contributed by atoms with E-state index in [0.717, 1.165) is 16.8 Å². The molecule has 0 aliphatic heterocycles. The van der Waals surface area contributed by atoms with Gasteiger partial charge in [-0.05, 0) is 55.8 Å².